The monoisotopic (exact) mass is 343 g/mol. The van der Waals surface area contributed by atoms with Gasteiger partial charge < -0.3 is 0 Å². The Morgan fingerprint density at radius 1 is 1.17 bits per heavy atom. The summed E-state index contributed by atoms with van der Waals surface area (Å²) in [5.74, 6) is 0.206. The maximum atomic E-state index is 13.2. The van der Waals surface area contributed by atoms with Gasteiger partial charge in [0.05, 0.1) is 22.3 Å². The smallest absolute Gasteiger partial charge is 0.264 e. The molecular weight excluding hydrogens is 322 g/mol. The molecule has 0 aliphatic carbocycles. The molecule has 0 aliphatic rings. The highest BCUT2D eigenvalue weighted by atomic mass is 32.2. The normalized spacial score (nSPS) is 12.0. The summed E-state index contributed by atoms with van der Waals surface area (Å²) in [7, 11) is -3.64. The Hall–Kier alpha value is -2.34. The van der Waals surface area contributed by atoms with Gasteiger partial charge in [-0.3, -0.25) is 9.40 Å². The highest BCUT2D eigenvalue weighted by Gasteiger charge is 2.26. The van der Waals surface area contributed by atoms with Gasteiger partial charge in [0.15, 0.2) is 0 Å². The van der Waals surface area contributed by atoms with Crippen molar-refractivity contribution in [3.8, 4) is 0 Å². The van der Waals surface area contributed by atoms with Crippen LogP contribution in [0.3, 0.4) is 0 Å². The summed E-state index contributed by atoms with van der Waals surface area (Å²) < 4.78 is 28.0. The lowest BCUT2D eigenvalue weighted by Gasteiger charge is -2.26. The first-order chi connectivity index (χ1) is 11.4. The summed E-state index contributed by atoms with van der Waals surface area (Å²) in [6.45, 7) is 6.41. The third kappa shape index (κ3) is 3.14. The molecule has 0 radical (unpaired) electrons. The van der Waals surface area contributed by atoms with E-state index in [-0.39, 0.29) is 10.8 Å². The van der Waals surface area contributed by atoms with E-state index in [2.05, 4.69) is 10.2 Å². The zero-order chi connectivity index (χ0) is 17.3. The molecule has 0 fully saturated rings. The van der Waals surface area contributed by atoms with Crippen LogP contribution >= 0.6 is 0 Å². The Morgan fingerprint density at radius 2 is 1.96 bits per heavy atom. The van der Waals surface area contributed by atoms with Gasteiger partial charge in [-0.1, -0.05) is 26.0 Å². The maximum absolute atomic E-state index is 13.2. The van der Waals surface area contributed by atoms with E-state index in [1.807, 2.05) is 45.0 Å². The number of aromatic nitrogens is 2. The minimum atomic E-state index is -3.64. The second-order valence-electron chi connectivity index (χ2n) is 6.39. The summed E-state index contributed by atoms with van der Waals surface area (Å²) in [4.78, 5) is 0.276. The molecule has 0 spiro atoms. The molecule has 2 aromatic carbocycles. The average molecular weight is 343 g/mol. The molecule has 3 rings (SSSR count). The summed E-state index contributed by atoms with van der Waals surface area (Å²) in [5.41, 5.74) is 2.54. The molecule has 6 heteroatoms. The predicted octanol–water partition coefficient (Wildman–Crippen LogP) is 3.72. The third-order valence-corrected chi connectivity index (χ3v) is 5.61. The highest BCUT2D eigenvalue weighted by molar-refractivity contribution is 7.92. The van der Waals surface area contributed by atoms with E-state index in [1.165, 1.54) is 4.31 Å². The minimum absolute atomic E-state index is 0.206. The van der Waals surface area contributed by atoms with Gasteiger partial charge in [0.2, 0.25) is 0 Å². The van der Waals surface area contributed by atoms with E-state index < -0.39 is 10.0 Å². The van der Waals surface area contributed by atoms with Crippen LogP contribution in [0.2, 0.25) is 0 Å². The number of anilines is 1. The van der Waals surface area contributed by atoms with E-state index in [1.54, 1.807) is 24.4 Å². The van der Waals surface area contributed by atoms with Crippen molar-refractivity contribution in [1.29, 1.82) is 0 Å². The molecule has 0 atom stereocenters. The quantitative estimate of drug-likeness (QED) is 0.768. The SMILES string of the molecule is Cc1cccc(N(CC(C)C)S(=O)(=O)c2ccc3[nH]ncc3c2)c1. The number of rotatable bonds is 5. The molecule has 0 saturated carbocycles. The van der Waals surface area contributed by atoms with E-state index in [0.29, 0.717) is 12.2 Å². The van der Waals surface area contributed by atoms with Crippen molar-refractivity contribution in [3.05, 3.63) is 54.2 Å². The largest absolute Gasteiger partial charge is 0.278 e. The molecule has 3 aromatic rings. The van der Waals surface area contributed by atoms with Crippen LogP contribution in [0.15, 0.2) is 53.6 Å². The molecule has 24 heavy (non-hydrogen) atoms. The fraction of sp³-hybridized carbons (Fsp3) is 0.278. The second kappa shape index (κ2) is 6.28. The van der Waals surface area contributed by atoms with Gasteiger partial charge in [-0.2, -0.15) is 5.10 Å². The number of benzene rings is 2. The number of nitrogens with one attached hydrogen (secondary N) is 1. The lowest BCUT2D eigenvalue weighted by molar-refractivity contribution is 0.578. The lowest BCUT2D eigenvalue weighted by atomic mass is 10.2. The Labute approximate surface area is 142 Å². The maximum Gasteiger partial charge on any atom is 0.264 e. The Kier molecular flexibility index (Phi) is 4.32. The van der Waals surface area contributed by atoms with Gasteiger partial charge in [-0.25, -0.2) is 8.42 Å². The molecule has 0 amide bonds. The first kappa shape index (κ1) is 16.5. The van der Waals surface area contributed by atoms with Crippen molar-refractivity contribution in [2.45, 2.75) is 25.7 Å². The van der Waals surface area contributed by atoms with Crippen molar-refractivity contribution < 1.29 is 8.42 Å². The summed E-state index contributed by atoms with van der Waals surface area (Å²) in [5, 5.41) is 7.58. The number of fused-ring (bicyclic) bond motifs is 1. The van der Waals surface area contributed by atoms with Crippen LogP contribution in [0.4, 0.5) is 5.69 Å². The molecule has 1 aromatic heterocycles. The molecule has 0 bridgehead atoms. The van der Waals surface area contributed by atoms with Gasteiger partial charge in [0.25, 0.3) is 10.0 Å². The van der Waals surface area contributed by atoms with Crippen molar-refractivity contribution in [2.75, 3.05) is 10.8 Å². The summed E-state index contributed by atoms with van der Waals surface area (Å²) in [6.07, 6.45) is 1.63. The fourth-order valence-corrected chi connectivity index (χ4v) is 4.32. The number of sulfonamides is 1. The van der Waals surface area contributed by atoms with E-state index in [4.69, 9.17) is 0 Å². The topological polar surface area (TPSA) is 66.1 Å². The lowest BCUT2D eigenvalue weighted by Crippen LogP contribution is -2.34. The first-order valence-corrected chi connectivity index (χ1v) is 9.34. The van der Waals surface area contributed by atoms with Crippen LogP contribution in [-0.2, 0) is 10.0 Å². The molecular formula is C18H21N3O2S. The van der Waals surface area contributed by atoms with Crippen LogP contribution in [0.25, 0.3) is 10.9 Å². The number of H-pyrrole nitrogens is 1. The molecule has 5 nitrogen and oxygen atoms in total. The van der Waals surface area contributed by atoms with Crippen LogP contribution in [-0.4, -0.2) is 25.2 Å². The number of aromatic amines is 1. The van der Waals surface area contributed by atoms with E-state index in [0.717, 1.165) is 16.5 Å². The van der Waals surface area contributed by atoms with Gasteiger partial charge in [0.1, 0.15) is 0 Å². The van der Waals surface area contributed by atoms with Crippen LogP contribution in [0.1, 0.15) is 19.4 Å². The Morgan fingerprint density at radius 3 is 2.67 bits per heavy atom. The average Bonchev–Trinajstić information content (AvgIpc) is 2.99. The van der Waals surface area contributed by atoms with Gasteiger partial charge >= 0.3 is 0 Å². The molecule has 126 valence electrons. The molecule has 0 aliphatic heterocycles. The molecule has 0 saturated heterocycles. The Bertz CT molecular complexity index is 961. The highest BCUT2D eigenvalue weighted by Crippen LogP contribution is 2.27. The van der Waals surface area contributed by atoms with Gasteiger partial charge in [-0.05, 0) is 48.7 Å². The van der Waals surface area contributed by atoms with E-state index >= 15 is 0 Å². The minimum Gasteiger partial charge on any atom is -0.278 e. The van der Waals surface area contributed by atoms with Crippen molar-refractivity contribution >= 4 is 26.6 Å². The van der Waals surface area contributed by atoms with Crippen LogP contribution in [0, 0.1) is 12.8 Å². The Balaban J connectivity index is 2.10. The van der Waals surface area contributed by atoms with Crippen LogP contribution in [0.5, 0.6) is 0 Å². The molecule has 0 unspecified atom stereocenters. The zero-order valence-corrected chi connectivity index (χ0v) is 14.8. The zero-order valence-electron chi connectivity index (χ0n) is 14.0. The van der Waals surface area contributed by atoms with Crippen molar-refractivity contribution in [3.63, 3.8) is 0 Å². The van der Waals surface area contributed by atoms with Crippen molar-refractivity contribution in [1.82, 2.24) is 10.2 Å². The van der Waals surface area contributed by atoms with Crippen molar-refractivity contribution in [2.24, 2.45) is 5.92 Å². The predicted molar refractivity (Wildman–Crippen MR) is 96.6 cm³/mol. The number of hydrogen-bond donors (Lipinski definition) is 1. The molecule has 1 heterocycles. The number of aryl methyl sites for hydroxylation is 1. The number of nitrogens with zero attached hydrogens (tertiary/aromatic N) is 2. The fourth-order valence-electron chi connectivity index (χ4n) is 2.67. The summed E-state index contributed by atoms with van der Waals surface area (Å²) in [6, 6.07) is 12.6. The van der Waals surface area contributed by atoms with Gasteiger partial charge in [-0.15, -0.1) is 0 Å². The molecule has 1 N–H and O–H groups in total. The second-order valence-corrected chi connectivity index (χ2v) is 8.25. The van der Waals surface area contributed by atoms with Crippen LogP contribution < -0.4 is 4.31 Å². The van der Waals surface area contributed by atoms with E-state index in [9.17, 15) is 8.42 Å². The standard InChI is InChI=1S/C18H21N3O2S/c1-13(2)12-21(16-6-4-5-14(3)9-16)24(22,23)17-7-8-18-15(10-17)11-19-20-18/h4-11,13H,12H2,1-3H3,(H,19,20). The summed E-state index contributed by atoms with van der Waals surface area (Å²) >= 11 is 0. The number of hydrogen-bond acceptors (Lipinski definition) is 3. The van der Waals surface area contributed by atoms with Gasteiger partial charge in [0, 0.05) is 11.9 Å². The third-order valence-electron chi connectivity index (χ3n) is 3.82. The first-order valence-electron chi connectivity index (χ1n) is 7.90.